The zero-order chi connectivity index (χ0) is 9.47. The van der Waals surface area contributed by atoms with E-state index in [1.165, 1.54) is 5.56 Å². The Bertz CT molecular complexity index is 421. The summed E-state index contributed by atoms with van der Waals surface area (Å²) in [6.45, 7) is 6.65. The summed E-state index contributed by atoms with van der Waals surface area (Å²) in [6.07, 6.45) is 3.83. The lowest BCUT2D eigenvalue weighted by Gasteiger charge is -2.18. The van der Waals surface area contributed by atoms with Crippen molar-refractivity contribution in [2.75, 3.05) is 0 Å². The third kappa shape index (κ3) is 1.44. The summed E-state index contributed by atoms with van der Waals surface area (Å²) in [7, 11) is 0. The van der Waals surface area contributed by atoms with E-state index in [1.807, 2.05) is 23.0 Å². The molecule has 0 aromatic carbocycles. The maximum absolute atomic E-state index is 4.16. The van der Waals surface area contributed by atoms with Crippen LogP contribution in [-0.4, -0.2) is 9.61 Å². The summed E-state index contributed by atoms with van der Waals surface area (Å²) in [5.74, 6) is 0. The van der Waals surface area contributed by atoms with Crippen LogP contribution >= 0.6 is 0 Å². The summed E-state index contributed by atoms with van der Waals surface area (Å²) in [5, 5.41) is 4.16. The van der Waals surface area contributed by atoms with Crippen LogP contribution < -0.4 is 0 Å². The van der Waals surface area contributed by atoms with Crippen LogP contribution in [0, 0.1) is 0 Å². The third-order valence-corrected chi connectivity index (χ3v) is 2.27. The minimum atomic E-state index is 0.214. The normalized spacial score (nSPS) is 12.2. The molecule has 0 unspecified atom stereocenters. The Morgan fingerprint density at radius 2 is 2.00 bits per heavy atom. The second-order valence-electron chi connectivity index (χ2n) is 4.37. The van der Waals surface area contributed by atoms with Crippen molar-refractivity contribution in [2.24, 2.45) is 0 Å². The number of rotatable bonds is 0. The van der Waals surface area contributed by atoms with Gasteiger partial charge in [-0.05, 0) is 29.2 Å². The molecular formula is C11H14N2. The van der Waals surface area contributed by atoms with Gasteiger partial charge in [-0.15, -0.1) is 0 Å². The number of hydrogen-bond donors (Lipinski definition) is 0. The highest BCUT2D eigenvalue weighted by molar-refractivity contribution is 5.48. The largest absolute Gasteiger partial charge is 0.241 e. The van der Waals surface area contributed by atoms with Crippen molar-refractivity contribution in [1.82, 2.24) is 9.61 Å². The quantitative estimate of drug-likeness (QED) is 0.600. The van der Waals surface area contributed by atoms with E-state index < -0.39 is 0 Å². The molecule has 2 aromatic rings. The van der Waals surface area contributed by atoms with Crippen molar-refractivity contribution in [2.45, 2.75) is 26.2 Å². The van der Waals surface area contributed by atoms with Crippen molar-refractivity contribution < 1.29 is 0 Å². The van der Waals surface area contributed by atoms with E-state index in [0.717, 1.165) is 5.52 Å². The maximum Gasteiger partial charge on any atom is 0.0664 e. The molecule has 13 heavy (non-hydrogen) atoms. The van der Waals surface area contributed by atoms with Gasteiger partial charge in [0.1, 0.15) is 0 Å². The van der Waals surface area contributed by atoms with Crippen LogP contribution in [0.1, 0.15) is 26.3 Å². The fourth-order valence-electron chi connectivity index (χ4n) is 1.39. The molecule has 68 valence electrons. The molecule has 0 saturated heterocycles. The molecule has 2 heterocycles. The summed E-state index contributed by atoms with van der Waals surface area (Å²) < 4.78 is 1.88. The van der Waals surface area contributed by atoms with Gasteiger partial charge in [-0.3, -0.25) is 0 Å². The highest BCUT2D eigenvalue weighted by Crippen LogP contribution is 2.22. The van der Waals surface area contributed by atoms with Crippen LogP contribution in [0.2, 0.25) is 0 Å². The molecule has 0 fully saturated rings. The van der Waals surface area contributed by atoms with Crippen molar-refractivity contribution in [3.63, 3.8) is 0 Å². The molecule has 0 aliphatic heterocycles. The van der Waals surface area contributed by atoms with Gasteiger partial charge in [0.25, 0.3) is 0 Å². The fourth-order valence-corrected chi connectivity index (χ4v) is 1.39. The lowest BCUT2D eigenvalue weighted by molar-refractivity contribution is 0.589. The molecule has 0 N–H and O–H groups in total. The van der Waals surface area contributed by atoms with Gasteiger partial charge in [-0.1, -0.05) is 20.8 Å². The summed E-state index contributed by atoms with van der Waals surface area (Å²) >= 11 is 0. The van der Waals surface area contributed by atoms with Gasteiger partial charge in [0.05, 0.1) is 5.52 Å². The first-order valence-electron chi connectivity index (χ1n) is 4.51. The molecular weight excluding hydrogens is 160 g/mol. The zero-order valence-corrected chi connectivity index (χ0v) is 8.28. The van der Waals surface area contributed by atoms with E-state index >= 15 is 0 Å². The van der Waals surface area contributed by atoms with Crippen LogP contribution in [-0.2, 0) is 5.41 Å². The van der Waals surface area contributed by atoms with Crippen LogP contribution in [0.15, 0.2) is 30.6 Å². The van der Waals surface area contributed by atoms with Crippen LogP contribution in [0.3, 0.4) is 0 Å². The maximum atomic E-state index is 4.16. The molecule has 0 spiro atoms. The Morgan fingerprint density at radius 1 is 1.23 bits per heavy atom. The van der Waals surface area contributed by atoms with E-state index in [1.54, 1.807) is 0 Å². The number of nitrogens with zero attached hydrogens (tertiary/aromatic N) is 2. The van der Waals surface area contributed by atoms with Gasteiger partial charge in [-0.2, -0.15) is 5.10 Å². The first-order valence-corrected chi connectivity index (χ1v) is 4.51. The molecule has 2 aromatic heterocycles. The van der Waals surface area contributed by atoms with Gasteiger partial charge >= 0.3 is 0 Å². The Labute approximate surface area is 78.2 Å². The highest BCUT2D eigenvalue weighted by Gasteiger charge is 2.13. The lowest BCUT2D eigenvalue weighted by Crippen LogP contribution is -2.11. The van der Waals surface area contributed by atoms with Crippen molar-refractivity contribution in [1.29, 1.82) is 0 Å². The van der Waals surface area contributed by atoms with Crippen LogP contribution in [0.5, 0.6) is 0 Å². The number of fused-ring (bicyclic) bond motifs is 1. The molecule has 0 radical (unpaired) electrons. The Balaban J connectivity index is 2.61. The smallest absolute Gasteiger partial charge is 0.0664 e. The molecule has 0 aliphatic carbocycles. The predicted molar refractivity (Wildman–Crippen MR) is 53.9 cm³/mol. The molecule has 0 aliphatic rings. The fraction of sp³-hybridized carbons (Fsp3) is 0.364. The van der Waals surface area contributed by atoms with E-state index in [2.05, 4.69) is 38.0 Å². The number of aromatic nitrogens is 2. The van der Waals surface area contributed by atoms with Gasteiger partial charge in [-0.25, -0.2) is 4.52 Å². The van der Waals surface area contributed by atoms with E-state index in [0.29, 0.717) is 0 Å². The molecule has 2 nitrogen and oxygen atoms in total. The monoisotopic (exact) mass is 174 g/mol. The Hall–Kier alpha value is -1.31. The zero-order valence-electron chi connectivity index (χ0n) is 8.28. The molecule has 0 saturated carbocycles. The Morgan fingerprint density at radius 3 is 2.69 bits per heavy atom. The molecule has 0 bridgehead atoms. The minimum Gasteiger partial charge on any atom is -0.241 e. The van der Waals surface area contributed by atoms with Crippen molar-refractivity contribution in [3.05, 3.63) is 36.2 Å². The predicted octanol–water partition coefficient (Wildman–Crippen LogP) is 2.63. The molecule has 2 heteroatoms. The highest BCUT2D eigenvalue weighted by atomic mass is 15.2. The van der Waals surface area contributed by atoms with Crippen LogP contribution in [0.4, 0.5) is 0 Å². The number of pyridine rings is 1. The van der Waals surface area contributed by atoms with Crippen LogP contribution in [0.25, 0.3) is 5.52 Å². The molecule has 0 atom stereocenters. The summed E-state index contributed by atoms with van der Waals surface area (Å²) in [6, 6.07) is 6.34. The second kappa shape index (κ2) is 2.59. The van der Waals surface area contributed by atoms with Crippen molar-refractivity contribution in [3.8, 4) is 0 Å². The molecule has 2 rings (SSSR count). The van der Waals surface area contributed by atoms with Gasteiger partial charge < -0.3 is 0 Å². The van der Waals surface area contributed by atoms with E-state index in [9.17, 15) is 0 Å². The average molecular weight is 174 g/mol. The first kappa shape index (κ1) is 8.30. The summed E-state index contributed by atoms with van der Waals surface area (Å²) in [4.78, 5) is 0. The molecule has 0 amide bonds. The standard InChI is InChI=1S/C11H14N2/c1-11(2,3)9-5-7-13-10(8-9)4-6-12-13/h4-8H,1-3H3. The second-order valence-corrected chi connectivity index (χ2v) is 4.37. The van der Waals surface area contributed by atoms with E-state index in [4.69, 9.17) is 0 Å². The SMILES string of the molecule is CC(C)(C)c1ccn2nccc2c1. The number of hydrogen-bond acceptors (Lipinski definition) is 1. The van der Waals surface area contributed by atoms with Gasteiger partial charge in [0.15, 0.2) is 0 Å². The first-order chi connectivity index (χ1) is 6.07. The van der Waals surface area contributed by atoms with Gasteiger partial charge in [0, 0.05) is 12.4 Å². The lowest BCUT2D eigenvalue weighted by atomic mass is 9.88. The van der Waals surface area contributed by atoms with E-state index in [-0.39, 0.29) is 5.41 Å². The topological polar surface area (TPSA) is 17.3 Å². The third-order valence-electron chi connectivity index (χ3n) is 2.27. The van der Waals surface area contributed by atoms with Gasteiger partial charge in [0.2, 0.25) is 0 Å². The summed E-state index contributed by atoms with van der Waals surface area (Å²) in [5.41, 5.74) is 2.72. The van der Waals surface area contributed by atoms with Crippen molar-refractivity contribution >= 4 is 5.52 Å². The minimum absolute atomic E-state index is 0.214. The Kier molecular flexibility index (Phi) is 1.65. The average Bonchev–Trinajstić information content (AvgIpc) is 2.47.